The van der Waals surface area contributed by atoms with Gasteiger partial charge in [0.15, 0.2) is 0 Å². The van der Waals surface area contributed by atoms with E-state index in [1.54, 1.807) is 50.2 Å². The minimum absolute atomic E-state index is 0.244. The van der Waals surface area contributed by atoms with Gasteiger partial charge in [-0.1, -0.05) is 13.8 Å². The average Bonchev–Trinajstić information content (AvgIpc) is 3.17. The van der Waals surface area contributed by atoms with Crippen LogP contribution in [-0.2, 0) is 15.4 Å². The van der Waals surface area contributed by atoms with Crippen LogP contribution in [0.5, 0.6) is 11.5 Å². The summed E-state index contributed by atoms with van der Waals surface area (Å²) in [5.74, 6) is -0.488. The Balaban J connectivity index is 1.67. The average molecular weight is 858 g/mol. The first-order chi connectivity index (χ1) is 19.8. The zero-order valence-electron chi connectivity index (χ0n) is 23.5. The van der Waals surface area contributed by atoms with Crippen molar-refractivity contribution in [1.29, 1.82) is 0 Å². The van der Waals surface area contributed by atoms with Crippen molar-refractivity contribution in [2.24, 2.45) is 0 Å². The first-order valence-corrected chi connectivity index (χ1v) is 17.6. The van der Waals surface area contributed by atoms with Gasteiger partial charge in [0.2, 0.25) is 10.0 Å². The van der Waals surface area contributed by atoms with E-state index in [4.69, 9.17) is 4.74 Å². The second-order valence-corrected chi connectivity index (χ2v) is 15.7. The van der Waals surface area contributed by atoms with Gasteiger partial charge in [-0.15, -0.1) is 24.5 Å². The highest BCUT2D eigenvalue weighted by Crippen LogP contribution is 2.40. The summed E-state index contributed by atoms with van der Waals surface area (Å²) in [5, 5.41) is 3.69. The first-order valence-electron chi connectivity index (χ1n) is 12.7. The highest BCUT2D eigenvalue weighted by Gasteiger charge is 2.33. The molecule has 7 nitrogen and oxygen atoms in total. The summed E-state index contributed by atoms with van der Waals surface area (Å²) >= 11 is 5.48. The van der Waals surface area contributed by atoms with Crippen LogP contribution in [0, 0.1) is 7.14 Å². The Labute approximate surface area is 278 Å². The first kappa shape index (κ1) is 33.6. The fourth-order valence-electron chi connectivity index (χ4n) is 4.33. The minimum Gasteiger partial charge on any atom is -0.491 e. The third-order valence-electron chi connectivity index (χ3n) is 6.22. The van der Waals surface area contributed by atoms with Crippen molar-refractivity contribution in [1.82, 2.24) is 0 Å². The largest absolute Gasteiger partial charge is 0.573 e. The van der Waals surface area contributed by atoms with Gasteiger partial charge in [-0.25, -0.2) is 8.42 Å². The zero-order chi connectivity index (χ0) is 31.9. The summed E-state index contributed by atoms with van der Waals surface area (Å²) in [7, 11) is -3.46. The number of hydrogen-bond donors (Lipinski definition) is 2. The van der Waals surface area contributed by atoms with Crippen molar-refractivity contribution in [3.8, 4) is 11.5 Å². The predicted octanol–water partition coefficient (Wildman–Crippen LogP) is 8.75. The lowest BCUT2D eigenvalue weighted by molar-refractivity contribution is -0.274. The lowest BCUT2D eigenvalue weighted by Gasteiger charge is -2.28. The number of sulfonamides is 1. The van der Waals surface area contributed by atoms with Crippen molar-refractivity contribution >= 4 is 93.9 Å². The van der Waals surface area contributed by atoms with Gasteiger partial charge >= 0.3 is 6.36 Å². The molecule has 1 heterocycles. The standard InChI is InChI=1S/C29H27F3I2N2O5S2/c1-15(2)40-21-10-17(11-22(14-21)41-29(30,31)32)28(3,4)16-8-18(33)12-20(9-16)35-27(37)26-25(34)23-13-19(36-43(5,38)39)6-7-24(23)42-26/h6-15,36H,1-5H3,(H,35,37). The van der Waals surface area contributed by atoms with Gasteiger partial charge in [0.05, 0.1) is 12.4 Å². The summed E-state index contributed by atoms with van der Waals surface area (Å²) < 4.78 is 77.3. The molecule has 4 rings (SSSR count). The Morgan fingerprint density at radius 1 is 0.930 bits per heavy atom. The molecule has 0 aliphatic rings. The molecule has 0 saturated carbocycles. The van der Waals surface area contributed by atoms with Gasteiger partial charge in [0.1, 0.15) is 16.4 Å². The van der Waals surface area contributed by atoms with Crippen LogP contribution < -0.4 is 19.5 Å². The van der Waals surface area contributed by atoms with Crippen molar-refractivity contribution < 1.29 is 35.9 Å². The molecule has 0 atom stereocenters. The molecule has 1 aromatic heterocycles. The molecule has 0 unspecified atom stereocenters. The molecule has 2 N–H and O–H groups in total. The predicted molar refractivity (Wildman–Crippen MR) is 181 cm³/mol. The highest BCUT2D eigenvalue weighted by molar-refractivity contribution is 14.1. The van der Waals surface area contributed by atoms with Crippen LogP contribution in [0.2, 0.25) is 0 Å². The van der Waals surface area contributed by atoms with Crippen LogP contribution >= 0.6 is 56.5 Å². The van der Waals surface area contributed by atoms with E-state index in [-0.39, 0.29) is 23.5 Å². The number of thiophene rings is 1. The van der Waals surface area contributed by atoms with E-state index in [2.05, 4.69) is 60.0 Å². The number of rotatable bonds is 9. The molecule has 0 aliphatic heterocycles. The Morgan fingerprint density at radius 3 is 2.21 bits per heavy atom. The number of nitrogens with one attached hydrogen (secondary N) is 2. The maximum atomic E-state index is 13.4. The molecular weight excluding hydrogens is 831 g/mol. The Kier molecular flexibility index (Phi) is 9.83. The van der Waals surface area contributed by atoms with Crippen LogP contribution in [-0.4, -0.2) is 33.0 Å². The SMILES string of the molecule is CC(C)Oc1cc(OC(F)(F)F)cc(C(C)(C)c2cc(I)cc(NC(=O)c3sc4ccc(NS(C)(=O)=O)cc4c3I)c2)c1. The van der Waals surface area contributed by atoms with Crippen molar-refractivity contribution in [3.05, 3.63) is 77.7 Å². The van der Waals surface area contributed by atoms with E-state index in [1.165, 1.54) is 23.5 Å². The summed E-state index contributed by atoms with van der Waals surface area (Å²) in [6.45, 7) is 7.29. The fourth-order valence-corrected chi connectivity index (χ4v) is 7.73. The van der Waals surface area contributed by atoms with E-state index >= 15 is 0 Å². The number of anilines is 2. The van der Waals surface area contributed by atoms with Crippen molar-refractivity contribution in [2.45, 2.75) is 45.6 Å². The summed E-state index contributed by atoms with van der Waals surface area (Å²) in [5.41, 5.74) is 1.37. The molecule has 43 heavy (non-hydrogen) atoms. The Hall–Kier alpha value is -2.31. The van der Waals surface area contributed by atoms with E-state index in [9.17, 15) is 26.4 Å². The third kappa shape index (κ3) is 8.66. The van der Waals surface area contributed by atoms with E-state index in [0.717, 1.165) is 25.5 Å². The number of carbonyl (C=O) groups is 1. The number of ether oxygens (including phenoxy) is 2. The molecule has 3 aromatic carbocycles. The van der Waals surface area contributed by atoms with Crippen molar-refractivity contribution in [2.75, 3.05) is 16.3 Å². The van der Waals surface area contributed by atoms with Crippen LogP contribution in [0.1, 0.15) is 48.5 Å². The number of fused-ring (bicyclic) bond motifs is 1. The van der Waals surface area contributed by atoms with E-state index in [0.29, 0.717) is 25.4 Å². The smallest absolute Gasteiger partial charge is 0.491 e. The van der Waals surface area contributed by atoms with Crippen LogP contribution in [0.25, 0.3) is 10.1 Å². The van der Waals surface area contributed by atoms with Crippen LogP contribution in [0.4, 0.5) is 24.5 Å². The third-order valence-corrected chi connectivity index (χ3v) is 10.1. The number of hydrogen-bond acceptors (Lipinski definition) is 6. The molecule has 14 heteroatoms. The van der Waals surface area contributed by atoms with Gasteiger partial charge in [-0.2, -0.15) is 0 Å². The van der Waals surface area contributed by atoms with Gasteiger partial charge in [-0.3, -0.25) is 9.52 Å². The molecule has 1 amide bonds. The summed E-state index contributed by atoms with van der Waals surface area (Å²) in [6, 6.07) is 14.8. The Bertz CT molecular complexity index is 1810. The highest BCUT2D eigenvalue weighted by atomic mass is 127. The molecule has 0 spiro atoms. The van der Waals surface area contributed by atoms with Gasteiger partial charge in [0.25, 0.3) is 5.91 Å². The molecule has 0 bridgehead atoms. The lowest BCUT2D eigenvalue weighted by Crippen LogP contribution is -2.22. The molecular formula is C29H27F3I2N2O5S2. The summed E-state index contributed by atoms with van der Waals surface area (Å²) in [4.78, 5) is 13.9. The molecule has 4 aromatic rings. The number of benzene rings is 3. The maximum Gasteiger partial charge on any atom is 0.573 e. The number of amides is 1. The monoisotopic (exact) mass is 858 g/mol. The van der Waals surface area contributed by atoms with Crippen molar-refractivity contribution in [3.63, 3.8) is 0 Å². The van der Waals surface area contributed by atoms with Gasteiger partial charge in [-0.05, 0) is 119 Å². The lowest BCUT2D eigenvalue weighted by atomic mass is 9.78. The molecule has 0 radical (unpaired) electrons. The number of carbonyl (C=O) groups excluding carboxylic acids is 1. The Morgan fingerprint density at radius 2 is 1.58 bits per heavy atom. The fraction of sp³-hybridized carbons (Fsp3) is 0.276. The number of halogens is 5. The normalized spacial score (nSPS) is 12.4. The molecule has 0 aliphatic carbocycles. The van der Waals surface area contributed by atoms with Gasteiger partial charge in [0, 0.05) is 40.1 Å². The van der Waals surface area contributed by atoms with E-state index in [1.807, 2.05) is 19.9 Å². The molecule has 230 valence electrons. The van der Waals surface area contributed by atoms with E-state index < -0.39 is 21.8 Å². The zero-order valence-corrected chi connectivity index (χ0v) is 29.5. The summed E-state index contributed by atoms with van der Waals surface area (Å²) in [6.07, 6.45) is -4.07. The molecule has 0 fully saturated rings. The quantitative estimate of drug-likeness (QED) is 0.164. The maximum absolute atomic E-state index is 13.4. The minimum atomic E-state index is -4.87. The molecule has 0 saturated heterocycles. The topological polar surface area (TPSA) is 93.7 Å². The van der Waals surface area contributed by atoms with Crippen LogP contribution in [0.3, 0.4) is 0 Å². The van der Waals surface area contributed by atoms with Crippen LogP contribution in [0.15, 0.2) is 54.6 Å². The van der Waals surface area contributed by atoms with Gasteiger partial charge < -0.3 is 14.8 Å². The number of alkyl halides is 3. The second kappa shape index (κ2) is 12.6. The second-order valence-electron chi connectivity index (χ2n) is 10.5.